The van der Waals surface area contributed by atoms with Crippen LogP contribution in [-0.2, 0) is 53.8 Å². The van der Waals surface area contributed by atoms with Crippen molar-refractivity contribution in [1.29, 1.82) is 0 Å². The molecule has 2 aliphatic carbocycles. The lowest BCUT2D eigenvalue weighted by Gasteiger charge is -2.31. The van der Waals surface area contributed by atoms with Gasteiger partial charge in [-0.25, -0.2) is 19.0 Å². The Morgan fingerprint density at radius 2 is 1.73 bits per heavy atom. The first-order valence-electron chi connectivity index (χ1n) is 19.5. The fourth-order valence-electron chi connectivity index (χ4n) is 9.07. The van der Waals surface area contributed by atoms with E-state index >= 15 is 4.39 Å². The predicted molar refractivity (Wildman–Crippen MR) is 210 cm³/mol. The summed E-state index contributed by atoms with van der Waals surface area (Å²) < 4.78 is 32.9. The van der Waals surface area contributed by atoms with E-state index in [2.05, 4.69) is 16.0 Å². The number of nitrogens with one attached hydrogen (secondary N) is 3. The summed E-state index contributed by atoms with van der Waals surface area (Å²) in [6.45, 7) is 2.16. The van der Waals surface area contributed by atoms with Gasteiger partial charge in [0.15, 0.2) is 5.60 Å². The van der Waals surface area contributed by atoms with Crippen molar-refractivity contribution < 1.29 is 42.9 Å². The molecule has 3 amide bonds. The standard InChI is InChI=1S/C44H40FN5O9/c1-3-44(56)31-14-35-40-28(17-50(35)41(53)30(31)19-58-42(44)54)39-33(13-12-23-22(2)32(45)15-34(49-40)38(23)39)48-37(52)20-57-21-47-36(51)16-46-43(55)59-18-29-26-10-6-4-8-24(26)25-9-5-7-11-27(25)29/h4-11,14-15,29,33,56H,3,12-13,16-21H2,1-2H3,(H,46,55)(H,47,51)(H,48,52)/t33-,44-/m0/s1. The summed E-state index contributed by atoms with van der Waals surface area (Å²) in [7, 11) is 0. The maximum absolute atomic E-state index is 15.3. The molecule has 0 saturated heterocycles. The average molecular weight is 802 g/mol. The molecule has 0 fully saturated rings. The molecule has 9 rings (SSSR count). The number of carbonyl (C=O) groups is 4. The van der Waals surface area contributed by atoms with E-state index < -0.39 is 53.5 Å². The number of ether oxygens (including phenoxy) is 3. The highest BCUT2D eigenvalue weighted by molar-refractivity contribution is 5.94. The number of fused-ring (bicyclic) bond motifs is 8. The third-order valence-corrected chi connectivity index (χ3v) is 12.1. The Balaban J connectivity index is 0.840. The number of amides is 3. The molecule has 0 saturated carbocycles. The number of aliphatic hydroxyl groups is 1. The van der Waals surface area contributed by atoms with Crippen molar-refractivity contribution in [3.05, 3.63) is 121 Å². The number of aromatic nitrogens is 2. The highest BCUT2D eigenvalue weighted by Crippen LogP contribution is 2.47. The van der Waals surface area contributed by atoms with Crippen LogP contribution in [0.2, 0.25) is 0 Å². The lowest BCUT2D eigenvalue weighted by molar-refractivity contribution is -0.172. The summed E-state index contributed by atoms with van der Waals surface area (Å²) in [5.41, 5.74) is 5.96. The molecule has 0 unspecified atom stereocenters. The van der Waals surface area contributed by atoms with Gasteiger partial charge in [0.05, 0.1) is 35.1 Å². The molecule has 3 aromatic carbocycles. The van der Waals surface area contributed by atoms with E-state index in [9.17, 15) is 29.1 Å². The molecular formula is C44H40FN5O9. The van der Waals surface area contributed by atoms with Crippen molar-refractivity contribution >= 4 is 34.8 Å². The number of carbonyl (C=O) groups excluding carboxylic acids is 4. The number of aryl methyl sites for hydroxylation is 1. The van der Waals surface area contributed by atoms with Crippen LogP contribution in [0.5, 0.6) is 0 Å². The summed E-state index contributed by atoms with van der Waals surface area (Å²) in [6.07, 6.45) is 0.116. The fourth-order valence-corrected chi connectivity index (χ4v) is 9.07. The second kappa shape index (κ2) is 14.7. The molecule has 0 bridgehead atoms. The van der Waals surface area contributed by atoms with Crippen LogP contribution >= 0.6 is 0 Å². The number of halogens is 1. The van der Waals surface area contributed by atoms with Crippen molar-refractivity contribution in [2.45, 2.75) is 63.8 Å². The van der Waals surface area contributed by atoms with E-state index in [0.29, 0.717) is 51.8 Å². The molecule has 2 atom stereocenters. The number of esters is 1. The summed E-state index contributed by atoms with van der Waals surface area (Å²) in [5.74, 6) is -2.42. The van der Waals surface area contributed by atoms with Crippen LogP contribution in [-0.4, -0.2) is 65.0 Å². The zero-order chi connectivity index (χ0) is 41.2. The van der Waals surface area contributed by atoms with E-state index in [1.165, 1.54) is 10.6 Å². The molecular weight excluding hydrogens is 762 g/mol. The molecule has 302 valence electrons. The van der Waals surface area contributed by atoms with Crippen molar-refractivity contribution in [3.63, 3.8) is 0 Å². The van der Waals surface area contributed by atoms with Crippen LogP contribution in [0, 0.1) is 12.7 Å². The van der Waals surface area contributed by atoms with Gasteiger partial charge in [0.2, 0.25) is 11.8 Å². The lowest BCUT2D eigenvalue weighted by atomic mass is 9.81. The van der Waals surface area contributed by atoms with Crippen LogP contribution in [0.15, 0.2) is 65.5 Å². The normalized spacial score (nSPS) is 18.2. The third kappa shape index (κ3) is 6.32. The molecule has 2 aromatic heterocycles. The van der Waals surface area contributed by atoms with E-state index in [1.807, 2.05) is 48.5 Å². The quantitative estimate of drug-likeness (QED) is 0.0886. The number of pyridine rings is 2. The third-order valence-electron chi connectivity index (χ3n) is 12.1. The van der Waals surface area contributed by atoms with Crippen molar-refractivity contribution in [2.24, 2.45) is 0 Å². The molecule has 0 spiro atoms. The Morgan fingerprint density at radius 3 is 2.46 bits per heavy atom. The monoisotopic (exact) mass is 801 g/mol. The largest absolute Gasteiger partial charge is 0.458 e. The minimum absolute atomic E-state index is 0.0170. The number of rotatable bonds is 10. The van der Waals surface area contributed by atoms with Gasteiger partial charge in [0.25, 0.3) is 5.56 Å². The number of benzene rings is 3. The zero-order valence-corrected chi connectivity index (χ0v) is 32.3. The average Bonchev–Trinajstić information content (AvgIpc) is 3.77. The molecule has 5 aromatic rings. The van der Waals surface area contributed by atoms with Crippen LogP contribution in [0.3, 0.4) is 0 Å². The van der Waals surface area contributed by atoms with Gasteiger partial charge in [-0.1, -0.05) is 55.5 Å². The van der Waals surface area contributed by atoms with Crippen LogP contribution in [0.25, 0.3) is 33.4 Å². The topological polar surface area (TPSA) is 187 Å². The van der Waals surface area contributed by atoms with E-state index in [1.54, 1.807) is 19.9 Å². The van der Waals surface area contributed by atoms with Crippen molar-refractivity contribution in [2.75, 3.05) is 26.5 Å². The van der Waals surface area contributed by atoms with E-state index in [4.69, 9.17) is 19.2 Å². The molecule has 4 N–H and O–H groups in total. The zero-order valence-electron chi connectivity index (χ0n) is 32.3. The highest BCUT2D eigenvalue weighted by Gasteiger charge is 2.46. The van der Waals surface area contributed by atoms with E-state index in [-0.39, 0.29) is 56.5 Å². The Bertz CT molecular complexity index is 2650. The molecule has 0 radical (unpaired) electrons. The Labute approximate surface area is 336 Å². The van der Waals surface area contributed by atoms with Gasteiger partial charge >= 0.3 is 12.1 Å². The summed E-state index contributed by atoms with van der Waals surface area (Å²) in [5, 5.41) is 20.0. The van der Waals surface area contributed by atoms with Gasteiger partial charge in [-0.15, -0.1) is 0 Å². The van der Waals surface area contributed by atoms with Gasteiger partial charge in [0.1, 0.15) is 38.9 Å². The van der Waals surface area contributed by atoms with E-state index in [0.717, 1.165) is 27.8 Å². The van der Waals surface area contributed by atoms with Gasteiger partial charge in [-0.2, -0.15) is 0 Å². The van der Waals surface area contributed by atoms with Crippen LogP contribution < -0.4 is 21.5 Å². The van der Waals surface area contributed by atoms with Gasteiger partial charge in [-0.3, -0.25) is 14.4 Å². The summed E-state index contributed by atoms with van der Waals surface area (Å²) >= 11 is 0. The first-order chi connectivity index (χ1) is 28.5. The summed E-state index contributed by atoms with van der Waals surface area (Å²) in [6, 6.07) is 18.3. The minimum Gasteiger partial charge on any atom is -0.458 e. The molecule has 15 heteroatoms. The fraction of sp³-hybridized carbons (Fsp3) is 0.318. The van der Waals surface area contributed by atoms with Gasteiger partial charge in [0, 0.05) is 28.5 Å². The molecule has 4 aliphatic rings. The molecule has 59 heavy (non-hydrogen) atoms. The molecule has 2 aliphatic heterocycles. The van der Waals surface area contributed by atoms with Crippen LogP contribution in [0.1, 0.15) is 76.2 Å². The van der Waals surface area contributed by atoms with Crippen molar-refractivity contribution in [1.82, 2.24) is 25.5 Å². The first-order valence-corrected chi connectivity index (χ1v) is 19.5. The Hall–Kier alpha value is -6.45. The SMILES string of the molecule is CC[C@@]1(O)C(=O)OCc2c1cc1n(c2=O)Cc2c-1nc1cc(F)c(C)c3c1c2[C@@H](NC(=O)COCNC(=O)CNC(=O)OCC1c2ccccc2-c2ccccc21)CC3. The minimum atomic E-state index is -2.01. The highest BCUT2D eigenvalue weighted by atomic mass is 19.1. The Morgan fingerprint density at radius 1 is 1.00 bits per heavy atom. The number of hydrogen-bond acceptors (Lipinski definition) is 10. The van der Waals surface area contributed by atoms with Gasteiger partial charge < -0.3 is 39.8 Å². The number of cyclic esters (lactones) is 1. The molecule has 4 heterocycles. The van der Waals surface area contributed by atoms with Crippen molar-refractivity contribution in [3.8, 4) is 22.5 Å². The Kier molecular flexibility index (Phi) is 9.51. The first kappa shape index (κ1) is 38.1. The number of nitrogens with zero attached hydrogens (tertiary/aromatic N) is 2. The maximum atomic E-state index is 15.3. The smallest absolute Gasteiger partial charge is 0.407 e. The lowest BCUT2D eigenvalue weighted by Crippen LogP contribution is -2.44. The predicted octanol–water partition coefficient (Wildman–Crippen LogP) is 4.26. The maximum Gasteiger partial charge on any atom is 0.407 e. The second-order valence-electron chi connectivity index (χ2n) is 15.2. The van der Waals surface area contributed by atoms with Crippen LogP contribution in [0.4, 0.5) is 9.18 Å². The second-order valence-corrected chi connectivity index (χ2v) is 15.2. The number of hydrogen-bond donors (Lipinski definition) is 4. The summed E-state index contributed by atoms with van der Waals surface area (Å²) in [4.78, 5) is 69.7. The number of alkyl carbamates (subject to hydrolysis) is 1. The van der Waals surface area contributed by atoms with Gasteiger partial charge in [-0.05, 0) is 71.2 Å². The molecule has 14 nitrogen and oxygen atoms in total.